The smallest absolute Gasteiger partial charge is 0.395 e. The van der Waals surface area contributed by atoms with Crippen molar-refractivity contribution >= 4 is 29.1 Å². The lowest BCUT2D eigenvalue weighted by Crippen LogP contribution is -2.37. The van der Waals surface area contributed by atoms with Crippen molar-refractivity contribution in [1.29, 1.82) is 0 Å². The largest absolute Gasteiger partial charge is 0.433 e. The van der Waals surface area contributed by atoms with E-state index in [4.69, 9.17) is 4.42 Å². The maximum absolute atomic E-state index is 12.0. The molecule has 2 N–H and O–H groups in total. The van der Waals surface area contributed by atoms with Gasteiger partial charge in [-0.25, -0.2) is 0 Å². The molecule has 0 aliphatic heterocycles. The molecule has 2 amide bonds. The SMILES string of the molecule is CC(C(=O)Nc1ccc(NC(=O)c2ccc([N+](=O)[O-])o2)cc1)N(C)C. The van der Waals surface area contributed by atoms with Gasteiger partial charge in [0.15, 0.2) is 5.76 Å². The summed E-state index contributed by atoms with van der Waals surface area (Å²) in [6.45, 7) is 1.78. The number of nitrogens with zero attached hydrogens (tertiary/aromatic N) is 2. The average Bonchev–Trinajstić information content (AvgIpc) is 3.06. The number of nitro groups is 1. The second-order valence-corrected chi connectivity index (χ2v) is 5.56. The fraction of sp³-hybridized carbons (Fsp3) is 0.250. The summed E-state index contributed by atoms with van der Waals surface area (Å²) in [5.74, 6) is -1.42. The first-order valence-corrected chi connectivity index (χ1v) is 7.41. The van der Waals surface area contributed by atoms with Crippen molar-refractivity contribution in [3.05, 3.63) is 52.3 Å². The molecule has 1 heterocycles. The number of benzene rings is 1. The molecular weight excluding hydrogens is 328 g/mol. The highest BCUT2D eigenvalue weighted by Crippen LogP contribution is 2.18. The molecule has 0 saturated carbocycles. The molecule has 9 heteroatoms. The van der Waals surface area contributed by atoms with Gasteiger partial charge >= 0.3 is 5.88 Å². The van der Waals surface area contributed by atoms with E-state index in [2.05, 4.69) is 10.6 Å². The zero-order chi connectivity index (χ0) is 18.6. The minimum atomic E-state index is -0.719. The van der Waals surface area contributed by atoms with Crippen molar-refractivity contribution in [3.63, 3.8) is 0 Å². The van der Waals surface area contributed by atoms with Crippen molar-refractivity contribution in [2.24, 2.45) is 0 Å². The number of likely N-dealkylation sites (N-methyl/N-ethyl adjacent to an activating group) is 1. The van der Waals surface area contributed by atoms with Gasteiger partial charge in [0.25, 0.3) is 5.91 Å². The van der Waals surface area contributed by atoms with Crippen LogP contribution in [-0.4, -0.2) is 41.8 Å². The third kappa shape index (κ3) is 4.64. The predicted molar refractivity (Wildman–Crippen MR) is 91.5 cm³/mol. The molecule has 1 aromatic heterocycles. The molecule has 1 aromatic carbocycles. The molecule has 0 aliphatic carbocycles. The van der Waals surface area contributed by atoms with Gasteiger partial charge in [-0.05, 0) is 51.4 Å². The third-order valence-corrected chi connectivity index (χ3v) is 3.56. The standard InChI is InChI=1S/C16H18N4O5/c1-10(19(2)3)15(21)17-11-4-6-12(7-5-11)18-16(22)13-8-9-14(25-13)20(23)24/h4-10H,1-3H3,(H,17,21)(H,18,22). The van der Waals surface area contributed by atoms with Crippen molar-refractivity contribution in [2.75, 3.05) is 24.7 Å². The molecule has 0 fully saturated rings. The Kier molecular flexibility index (Phi) is 5.50. The van der Waals surface area contributed by atoms with Crippen LogP contribution in [0.5, 0.6) is 0 Å². The van der Waals surface area contributed by atoms with Crippen molar-refractivity contribution < 1.29 is 18.9 Å². The Bertz CT molecular complexity index is 782. The van der Waals surface area contributed by atoms with E-state index < -0.39 is 16.7 Å². The van der Waals surface area contributed by atoms with Gasteiger partial charge in [0.1, 0.15) is 4.92 Å². The molecule has 1 unspecified atom stereocenters. The summed E-state index contributed by atoms with van der Waals surface area (Å²) in [6, 6.07) is 8.54. The lowest BCUT2D eigenvalue weighted by atomic mass is 10.2. The van der Waals surface area contributed by atoms with E-state index in [-0.39, 0.29) is 17.7 Å². The van der Waals surface area contributed by atoms with Crippen LogP contribution in [0.15, 0.2) is 40.8 Å². The monoisotopic (exact) mass is 346 g/mol. The van der Waals surface area contributed by atoms with E-state index in [0.29, 0.717) is 11.4 Å². The number of rotatable bonds is 6. The number of hydrogen-bond acceptors (Lipinski definition) is 6. The Morgan fingerprint density at radius 1 is 1.08 bits per heavy atom. The number of carbonyl (C=O) groups excluding carboxylic acids is 2. The second-order valence-electron chi connectivity index (χ2n) is 5.56. The molecule has 2 aromatic rings. The van der Waals surface area contributed by atoms with Crippen LogP contribution in [0.4, 0.5) is 17.3 Å². The maximum Gasteiger partial charge on any atom is 0.433 e. The molecule has 0 aliphatic rings. The van der Waals surface area contributed by atoms with Crippen LogP contribution < -0.4 is 10.6 Å². The zero-order valence-corrected chi connectivity index (χ0v) is 14.0. The fourth-order valence-corrected chi connectivity index (χ4v) is 1.86. The van der Waals surface area contributed by atoms with Crippen LogP contribution in [0.25, 0.3) is 0 Å². The number of anilines is 2. The Morgan fingerprint density at radius 3 is 2.12 bits per heavy atom. The Labute approximate surface area is 143 Å². The number of carbonyl (C=O) groups is 2. The van der Waals surface area contributed by atoms with E-state index in [1.165, 1.54) is 6.07 Å². The first kappa shape index (κ1) is 18.1. The first-order valence-electron chi connectivity index (χ1n) is 7.41. The summed E-state index contributed by atoms with van der Waals surface area (Å²) >= 11 is 0. The molecule has 1 atom stereocenters. The van der Waals surface area contributed by atoms with Crippen molar-refractivity contribution in [2.45, 2.75) is 13.0 Å². The van der Waals surface area contributed by atoms with Gasteiger partial charge in [0, 0.05) is 11.4 Å². The molecule has 25 heavy (non-hydrogen) atoms. The molecule has 0 radical (unpaired) electrons. The lowest BCUT2D eigenvalue weighted by Gasteiger charge is -2.19. The van der Waals surface area contributed by atoms with Gasteiger partial charge in [0.2, 0.25) is 5.91 Å². The van der Waals surface area contributed by atoms with Crippen LogP contribution in [0.2, 0.25) is 0 Å². The number of hydrogen-bond donors (Lipinski definition) is 2. The summed E-state index contributed by atoms with van der Waals surface area (Å²) in [4.78, 5) is 35.6. The molecule has 0 saturated heterocycles. The summed E-state index contributed by atoms with van der Waals surface area (Å²) in [7, 11) is 3.61. The average molecular weight is 346 g/mol. The van der Waals surface area contributed by atoms with E-state index in [0.717, 1.165) is 6.07 Å². The van der Waals surface area contributed by atoms with Crippen LogP contribution in [0.3, 0.4) is 0 Å². The lowest BCUT2D eigenvalue weighted by molar-refractivity contribution is -0.402. The topological polar surface area (TPSA) is 118 Å². The predicted octanol–water partition coefficient (Wildman–Crippen LogP) is 2.33. The van der Waals surface area contributed by atoms with E-state index in [9.17, 15) is 19.7 Å². The fourth-order valence-electron chi connectivity index (χ4n) is 1.86. The van der Waals surface area contributed by atoms with Crippen LogP contribution >= 0.6 is 0 Å². The summed E-state index contributed by atoms with van der Waals surface area (Å²) in [5.41, 5.74) is 1.05. The molecule has 2 rings (SSSR count). The van der Waals surface area contributed by atoms with E-state index in [1.807, 2.05) is 14.1 Å². The third-order valence-electron chi connectivity index (χ3n) is 3.56. The van der Waals surface area contributed by atoms with Crippen LogP contribution in [-0.2, 0) is 4.79 Å². The van der Waals surface area contributed by atoms with E-state index >= 15 is 0 Å². The zero-order valence-electron chi connectivity index (χ0n) is 14.0. The Balaban J connectivity index is 1.98. The van der Waals surface area contributed by atoms with Gasteiger partial charge in [-0.15, -0.1) is 0 Å². The number of nitrogens with one attached hydrogen (secondary N) is 2. The molecule has 132 valence electrons. The molecular formula is C16H18N4O5. The second kappa shape index (κ2) is 7.58. The Morgan fingerprint density at radius 2 is 1.64 bits per heavy atom. The van der Waals surface area contributed by atoms with Gasteiger partial charge in [0.05, 0.1) is 12.1 Å². The minimum Gasteiger partial charge on any atom is -0.395 e. The highest BCUT2D eigenvalue weighted by molar-refractivity contribution is 6.02. The van der Waals surface area contributed by atoms with Gasteiger partial charge < -0.3 is 15.1 Å². The number of furan rings is 1. The van der Waals surface area contributed by atoms with Crippen LogP contribution in [0, 0.1) is 10.1 Å². The van der Waals surface area contributed by atoms with Crippen molar-refractivity contribution in [1.82, 2.24) is 4.90 Å². The Hall–Kier alpha value is -3.20. The number of amides is 2. The highest BCUT2D eigenvalue weighted by atomic mass is 16.6. The maximum atomic E-state index is 12.0. The van der Waals surface area contributed by atoms with Gasteiger partial charge in [-0.1, -0.05) is 0 Å². The quantitative estimate of drug-likeness (QED) is 0.612. The van der Waals surface area contributed by atoms with Gasteiger partial charge in [-0.3, -0.25) is 24.6 Å². The highest BCUT2D eigenvalue weighted by Gasteiger charge is 2.18. The minimum absolute atomic E-state index is 0.148. The van der Waals surface area contributed by atoms with E-state index in [1.54, 1.807) is 36.1 Å². The summed E-state index contributed by atoms with van der Waals surface area (Å²) < 4.78 is 4.83. The van der Waals surface area contributed by atoms with Crippen LogP contribution in [0.1, 0.15) is 17.5 Å². The summed E-state index contributed by atoms with van der Waals surface area (Å²) in [6.07, 6.45) is 0. The van der Waals surface area contributed by atoms with Gasteiger partial charge in [-0.2, -0.15) is 0 Å². The first-order chi connectivity index (χ1) is 11.8. The molecule has 0 bridgehead atoms. The normalized spacial score (nSPS) is 11.8. The summed E-state index contributed by atoms with van der Waals surface area (Å²) in [5, 5.41) is 15.9. The molecule has 9 nitrogen and oxygen atoms in total. The molecule has 0 spiro atoms. The van der Waals surface area contributed by atoms with Crippen molar-refractivity contribution in [3.8, 4) is 0 Å².